The number of benzene rings is 1. The maximum atomic E-state index is 12.8. The van der Waals surface area contributed by atoms with Gasteiger partial charge in [-0.25, -0.2) is 4.39 Å². The third-order valence-corrected chi connectivity index (χ3v) is 3.94. The Labute approximate surface area is 126 Å². The molecule has 0 unspecified atom stereocenters. The molecule has 1 aliphatic carbocycles. The molecular weight excluding hydrogens is 301 g/mol. The van der Waals surface area contributed by atoms with Crippen LogP contribution < -0.4 is 10.1 Å². The number of hydrogen-bond acceptors (Lipinski definition) is 3. The second-order valence-electron chi connectivity index (χ2n) is 5.08. The Bertz CT molecular complexity index is 560. The molecule has 0 saturated heterocycles. The number of carbonyl (C=O) groups is 2. The highest BCUT2D eigenvalue weighted by atomic mass is 35.5. The summed E-state index contributed by atoms with van der Waals surface area (Å²) in [6.45, 7) is -0.220. The van der Waals surface area contributed by atoms with Crippen LogP contribution in [0.4, 0.5) is 4.39 Å². The van der Waals surface area contributed by atoms with Gasteiger partial charge in [0.2, 0.25) is 0 Å². The lowest BCUT2D eigenvalue weighted by Gasteiger charge is -2.37. The molecule has 0 aliphatic heterocycles. The number of carboxylic acids is 1. The molecule has 1 aromatic rings. The summed E-state index contributed by atoms with van der Waals surface area (Å²) in [5.41, 5.74) is -0.844. The van der Waals surface area contributed by atoms with E-state index in [1.807, 2.05) is 0 Å². The van der Waals surface area contributed by atoms with E-state index in [0.717, 1.165) is 12.5 Å². The first kappa shape index (κ1) is 15.6. The van der Waals surface area contributed by atoms with Gasteiger partial charge in [0.25, 0.3) is 5.91 Å². The monoisotopic (exact) mass is 315 g/mol. The second kappa shape index (κ2) is 6.30. The number of carboxylic acid groups (broad SMARTS) is 1. The van der Waals surface area contributed by atoms with Gasteiger partial charge in [-0.2, -0.15) is 0 Å². The first-order valence-electron chi connectivity index (χ1n) is 6.51. The van der Waals surface area contributed by atoms with Crippen molar-refractivity contribution in [2.75, 3.05) is 13.2 Å². The Morgan fingerprint density at radius 3 is 2.67 bits per heavy atom. The summed E-state index contributed by atoms with van der Waals surface area (Å²) >= 11 is 5.76. The van der Waals surface area contributed by atoms with Gasteiger partial charge in [0.1, 0.15) is 11.6 Å². The van der Waals surface area contributed by atoms with E-state index in [9.17, 15) is 14.0 Å². The Balaban J connectivity index is 1.81. The van der Waals surface area contributed by atoms with Gasteiger partial charge in [0.05, 0.1) is 10.4 Å². The standard InChI is InChI=1S/C14H15ClFNO4/c15-10-6-9(16)2-3-11(10)21-7-12(18)17-8-14(13(19)20)4-1-5-14/h2-3,6H,1,4-5,7-8H2,(H,17,18)(H,19,20). The Hall–Kier alpha value is -1.82. The van der Waals surface area contributed by atoms with Gasteiger partial charge in [0, 0.05) is 6.54 Å². The smallest absolute Gasteiger partial charge is 0.311 e. The van der Waals surface area contributed by atoms with Gasteiger partial charge >= 0.3 is 5.97 Å². The molecule has 1 fully saturated rings. The molecule has 0 heterocycles. The van der Waals surface area contributed by atoms with Crippen molar-refractivity contribution < 1.29 is 23.8 Å². The Morgan fingerprint density at radius 1 is 1.43 bits per heavy atom. The molecule has 0 bridgehead atoms. The van der Waals surface area contributed by atoms with E-state index in [1.165, 1.54) is 12.1 Å². The zero-order chi connectivity index (χ0) is 15.5. The van der Waals surface area contributed by atoms with Gasteiger partial charge in [-0.15, -0.1) is 0 Å². The maximum absolute atomic E-state index is 12.8. The molecule has 0 aromatic heterocycles. The number of amides is 1. The number of hydrogen-bond donors (Lipinski definition) is 2. The first-order valence-corrected chi connectivity index (χ1v) is 6.89. The Morgan fingerprint density at radius 2 is 2.14 bits per heavy atom. The second-order valence-corrected chi connectivity index (χ2v) is 5.49. The number of nitrogens with one attached hydrogen (secondary N) is 1. The summed E-state index contributed by atoms with van der Waals surface area (Å²) in [5.74, 6) is -1.63. The number of aliphatic carboxylic acids is 1. The average Bonchev–Trinajstić information content (AvgIpc) is 2.36. The largest absolute Gasteiger partial charge is 0.482 e. The molecule has 21 heavy (non-hydrogen) atoms. The van der Waals surface area contributed by atoms with Gasteiger partial charge < -0.3 is 15.2 Å². The number of halogens is 2. The molecule has 2 N–H and O–H groups in total. The van der Waals surface area contributed by atoms with Crippen LogP contribution in [0.2, 0.25) is 5.02 Å². The van der Waals surface area contributed by atoms with Crippen LogP contribution in [-0.2, 0) is 9.59 Å². The average molecular weight is 316 g/mol. The van der Waals surface area contributed by atoms with Gasteiger partial charge in [0.15, 0.2) is 6.61 Å². The third kappa shape index (κ3) is 3.64. The normalized spacial score (nSPS) is 15.9. The van der Waals surface area contributed by atoms with Crippen LogP contribution in [0, 0.1) is 11.2 Å². The van der Waals surface area contributed by atoms with Crippen molar-refractivity contribution in [2.24, 2.45) is 5.41 Å². The fourth-order valence-corrected chi connectivity index (χ4v) is 2.35. The molecule has 1 aromatic carbocycles. The highest BCUT2D eigenvalue weighted by Gasteiger charge is 2.44. The molecule has 1 aliphatic rings. The topological polar surface area (TPSA) is 75.6 Å². The lowest BCUT2D eigenvalue weighted by atomic mass is 9.69. The summed E-state index contributed by atoms with van der Waals surface area (Å²) in [5, 5.41) is 11.8. The van der Waals surface area contributed by atoms with Gasteiger partial charge in [-0.3, -0.25) is 9.59 Å². The van der Waals surface area contributed by atoms with E-state index < -0.39 is 23.1 Å². The van der Waals surface area contributed by atoms with Crippen molar-refractivity contribution in [1.29, 1.82) is 0 Å². The van der Waals surface area contributed by atoms with E-state index in [4.69, 9.17) is 21.4 Å². The van der Waals surface area contributed by atoms with Crippen molar-refractivity contribution in [3.8, 4) is 5.75 Å². The van der Waals surface area contributed by atoms with Crippen molar-refractivity contribution in [3.63, 3.8) is 0 Å². The van der Waals surface area contributed by atoms with E-state index in [1.54, 1.807) is 0 Å². The highest BCUT2D eigenvalue weighted by molar-refractivity contribution is 6.32. The SMILES string of the molecule is O=C(COc1ccc(F)cc1Cl)NCC1(C(=O)O)CCC1. The van der Waals surface area contributed by atoms with Crippen LogP contribution in [0.5, 0.6) is 5.75 Å². The van der Waals surface area contributed by atoms with Gasteiger partial charge in [-0.1, -0.05) is 18.0 Å². The minimum Gasteiger partial charge on any atom is -0.482 e. The van der Waals surface area contributed by atoms with Crippen molar-refractivity contribution >= 4 is 23.5 Å². The van der Waals surface area contributed by atoms with Crippen molar-refractivity contribution in [2.45, 2.75) is 19.3 Å². The number of rotatable bonds is 6. The molecule has 0 radical (unpaired) electrons. The number of ether oxygens (including phenoxy) is 1. The highest BCUT2D eigenvalue weighted by Crippen LogP contribution is 2.40. The molecular formula is C14H15ClFNO4. The van der Waals surface area contributed by atoms with Crippen molar-refractivity contribution in [3.05, 3.63) is 29.0 Å². The molecule has 5 nitrogen and oxygen atoms in total. The molecule has 1 amide bonds. The number of carbonyl (C=O) groups excluding carboxylic acids is 1. The van der Waals surface area contributed by atoms with E-state index in [0.29, 0.717) is 12.8 Å². The van der Waals surface area contributed by atoms with Crippen molar-refractivity contribution in [1.82, 2.24) is 5.32 Å². The van der Waals surface area contributed by atoms with E-state index in [2.05, 4.69) is 5.32 Å². The summed E-state index contributed by atoms with van der Waals surface area (Å²) < 4.78 is 18.0. The van der Waals surface area contributed by atoms with Crippen LogP contribution in [0.25, 0.3) is 0 Å². The van der Waals surface area contributed by atoms with Crippen LogP contribution in [0.3, 0.4) is 0 Å². The summed E-state index contributed by atoms with van der Waals surface area (Å²) in [7, 11) is 0. The minimum absolute atomic E-state index is 0.0730. The van der Waals surface area contributed by atoms with Crippen LogP contribution in [0.15, 0.2) is 18.2 Å². The fourth-order valence-electron chi connectivity index (χ4n) is 2.12. The first-order chi connectivity index (χ1) is 9.93. The summed E-state index contributed by atoms with van der Waals surface area (Å²) in [6.07, 6.45) is 1.98. The third-order valence-electron chi connectivity index (χ3n) is 3.64. The van der Waals surface area contributed by atoms with Crippen LogP contribution in [0.1, 0.15) is 19.3 Å². The summed E-state index contributed by atoms with van der Waals surface area (Å²) in [6, 6.07) is 3.59. The molecule has 2 rings (SSSR count). The molecule has 114 valence electrons. The maximum Gasteiger partial charge on any atom is 0.311 e. The molecule has 0 spiro atoms. The minimum atomic E-state index is -0.892. The van der Waals surface area contributed by atoms with Gasteiger partial charge in [-0.05, 0) is 31.0 Å². The lowest BCUT2D eigenvalue weighted by molar-refractivity contribution is -0.154. The quantitative estimate of drug-likeness (QED) is 0.844. The zero-order valence-corrected chi connectivity index (χ0v) is 12.0. The van der Waals surface area contributed by atoms with Crippen LogP contribution in [-0.4, -0.2) is 30.1 Å². The summed E-state index contributed by atoms with van der Waals surface area (Å²) in [4.78, 5) is 22.8. The van der Waals surface area contributed by atoms with Crippen LogP contribution >= 0.6 is 11.6 Å². The zero-order valence-electron chi connectivity index (χ0n) is 11.2. The molecule has 7 heteroatoms. The molecule has 0 atom stereocenters. The lowest BCUT2D eigenvalue weighted by Crippen LogP contribution is -2.48. The van der Waals surface area contributed by atoms with E-state index in [-0.39, 0.29) is 23.9 Å². The fraction of sp³-hybridized carbons (Fsp3) is 0.429. The predicted molar refractivity (Wildman–Crippen MR) is 73.8 cm³/mol. The predicted octanol–water partition coefficient (Wildman–Crippen LogP) is 2.23. The Kier molecular flexibility index (Phi) is 4.67. The molecule has 1 saturated carbocycles. The van der Waals surface area contributed by atoms with E-state index >= 15 is 0 Å².